The van der Waals surface area contributed by atoms with E-state index in [1.54, 1.807) is 11.8 Å². The lowest BCUT2D eigenvalue weighted by atomic mass is 9.93. The van der Waals surface area contributed by atoms with Crippen molar-refractivity contribution in [2.45, 2.75) is 16.7 Å². The molecule has 0 bridgehead atoms. The minimum atomic E-state index is -1.44. The molecule has 7 heteroatoms. The van der Waals surface area contributed by atoms with Gasteiger partial charge in [0.05, 0.1) is 12.1 Å². The van der Waals surface area contributed by atoms with Crippen LogP contribution in [0.5, 0.6) is 0 Å². The molecular weight excluding hydrogens is 312 g/mol. The SMILES string of the molecule is COC1(OC)[NH+]=C(N)[C@@]2(C#N)[C@@H](c3ccc(SC)cc3)[C@@]12C#N. The van der Waals surface area contributed by atoms with E-state index in [1.165, 1.54) is 14.2 Å². The number of benzene rings is 1. The van der Waals surface area contributed by atoms with Gasteiger partial charge in [-0.1, -0.05) is 12.1 Å². The van der Waals surface area contributed by atoms with Crippen LogP contribution in [0.4, 0.5) is 0 Å². The van der Waals surface area contributed by atoms with Crippen LogP contribution < -0.4 is 10.7 Å². The third-order valence-electron chi connectivity index (χ3n) is 5.02. The summed E-state index contributed by atoms with van der Waals surface area (Å²) in [5, 5.41) is 19.8. The lowest BCUT2D eigenvalue weighted by Gasteiger charge is -2.26. The standard InChI is InChI=1S/C16H16N4O2S/c1-21-16(22-2)15(9-18)12(14(15,8-17)13(19)20-16)10-4-6-11(23-3)7-5-10/h4-7,12H,1-3H3,(H2,19,20)/p+1/t12-,14-,15-/m1/s1. The monoisotopic (exact) mass is 329 g/mol. The summed E-state index contributed by atoms with van der Waals surface area (Å²) in [6, 6.07) is 12.3. The second-order valence-corrected chi connectivity index (χ2v) is 6.49. The summed E-state index contributed by atoms with van der Waals surface area (Å²) in [6.07, 6.45) is 1.99. The number of amidine groups is 1. The second-order valence-electron chi connectivity index (χ2n) is 5.61. The molecule has 6 nitrogen and oxygen atoms in total. The first-order valence-electron chi connectivity index (χ1n) is 7.01. The molecule has 1 aromatic carbocycles. The van der Waals surface area contributed by atoms with Gasteiger partial charge in [0.1, 0.15) is 0 Å². The fraction of sp³-hybridized carbons (Fsp3) is 0.438. The summed E-state index contributed by atoms with van der Waals surface area (Å²) >= 11 is 1.63. The molecule has 23 heavy (non-hydrogen) atoms. The van der Waals surface area contributed by atoms with Crippen LogP contribution >= 0.6 is 11.8 Å². The smallest absolute Gasteiger partial charge is 0.317 e. The Morgan fingerprint density at radius 3 is 2.22 bits per heavy atom. The van der Waals surface area contributed by atoms with Crippen molar-refractivity contribution in [1.29, 1.82) is 10.5 Å². The molecular formula is C16H17N4O2S+. The summed E-state index contributed by atoms with van der Waals surface area (Å²) in [5.41, 5.74) is 4.57. The Hall–Kier alpha value is -2.06. The molecule has 1 heterocycles. The van der Waals surface area contributed by atoms with Crippen molar-refractivity contribution in [3.05, 3.63) is 29.8 Å². The molecule has 3 N–H and O–H groups in total. The number of hydrogen-bond donors (Lipinski definition) is 2. The number of thioether (sulfide) groups is 1. The van der Waals surface area contributed by atoms with Gasteiger partial charge in [0.2, 0.25) is 0 Å². The summed E-state index contributed by atoms with van der Waals surface area (Å²) in [6.45, 7) is 0. The van der Waals surface area contributed by atoms with E-state index in [0.29, 0.717) is 0 Å². The highest BCUT2D eigenvalue weighted by Crippen LogP contribution is 2.78. The van der Waals surface area contributed by atoms with Gasteiger partial charge in [-0.3, -0.25) is 5.73 Å². The van der Waals surface area contributed by atoms with Crippen LogP contribution in [0.1, 0.15) is 11.5 Å². The van der Waals surface area contributed by atoms with Crippen molar-refractivity contribution in [3.63, 3.8) is 0 Å². The minimum absolute atomic E-state index is 0.212. The zero-order chi connectivity index (χ0) is 16.9. The maximum absolute atomic E-state index is 9.94. The Morgan fingerprint density at radius 1 is 1.17 bits per heavy atom. The van der Waals surface area contributed by atoms with Crippen molar-refractivity contribution in [1.82, 2.24) is 0 Å². The molecule has 3 rings (SSSR count). The molecule has 0 amide bonds. The van der Waals surface area contributed by atoms with E-state index in [9.17, 15) is 10.5 Å². The van der Waals surface area contributed by atoms with Gasteiger partial charge in [-0.25, -0.2) is 4.99 Å². The number of nitrogens with one attached hydrogen (secondary N) is 1. The highest BCUT2D eigenvalue weighted by Gasteiger charge is 2.96. The van der Waals surface area contributed by atoms with Crippen molar-refractivity contribution >= 4 is 17.6 Å². The predicted molar refractivity (Wildman–Crippen MR) is 84.0 cm³/mol. The molecule has 118 valence electrons. The number of nitrogens with zero attached hydrogens (tertiary/aromatic N) is 2. The zero-order valence-electron chi connectivity index (χ0n) is 13.1. The van der Waals surface area contributed by atoms with E-state index in [4.69, 9.17) is 15.2 Å². The largest absolute Gasteiger partial charge is 0.342 e. The first-order chi connectivity index (χ1) is 11.0. The van der Waals surface area contributed by atoms with E-state index in [0.717, 1.165) is 10.5 Å². The molecule has 1 fully saturated rings. The van der Waals surface area contributed by atoms with E-state index in [2.05, 4.69) is 17.1 Å². The van der Waals surface area contributed by atoms with Crippen LogP contribution in [0.15, 0.2) is 29.2 Å². The minimum Gasteiger partial charge on any atom is -0.317 e. The van der Waals surface area contributed by atoms with Gasteiger partial charge in [0.15, 0.2) is 10.8 Å². The number of hydrogen-bond acceptors (Lipinski definition) is 6. The van der Waals surface area contributed by atoms with E-state index < -0.39 is 22.7 Å². The molecule has 0 saturated heterocycles. The topological polar surface area (TPSA) is 106 Å². The average Bonchev–Trinajstić information content (AvgIpc) is 3.17. The predicted octanol–water partition coefficient (Wildman–Crippen LogP) is -0.0763. The highest BCUT2D eigenvalue weighted by molar-refractivity contribution is 7.98. The van der Waals surface area contributed by atoms with Crippen LogP contribution in [0.25, 0.3) is 0 Å². The molecule has 3 atom stereocenters. The Bertz CT molecular complexity index is 760. The van der Waals surface area contributed by atoms with Crippen LogP contribution in [0, 0.1) is 33.5 Å². The van der Waals surface area contributed by atoms with E-state index in [-0.39, 0.29) is 5.84 Å². The van der Waals surface area contributed by atoms with E-state index in [1.807, 2.05) is 30.5 Å². The van der Waals surface area contributed by atoms with Crippen molar-refractivity contribution in [3.8, 4) is 12.1 Å². The summed E-state index contributed by atoms with van der Waals surface area (Å²) in [7, 11) is 2.87. The zero-order valence-corrected chi connectivity index (χ0v) is 13.9. The first kappa shape index (κ1) is 15.8. The van der Waals surface area contributed by atoms with Crippen LogP contribution in [0.3, 0.4) is 0 Å². The van der Waals surface area contributed by atoms with Gasteiger partial charge in [0.25, 0.3) is 5.84 Å². The highest BCUT2D eigenvalue weighted by atomic mass is 32.2. The second kappa shape index (κ2) is 4.97. The molecule has 1 saturated carbocycles. The normalized spacial score (nSPS) is 33.3. The van der Waals surface area contributed by atoms with Gasteiger partial charge in [0, 0.05) is 25.0 Å². The average molecular weight is 329 g/mol. The van der Waals surface area contributed by atoms with Crippen molar-refractivity contribution < 1.29 is 14.5 Å². The number of rotatable bonds is 4. The third-order valence-corrected chi connectivity index (χ3v) is 5.77. The van der Waals surface area contributed by atoms with Crippen LogP contribution in [0.2, 0.25) is 0 Å². The summed E-state index contributed by atoms with van der Waals surface area (Å²) in [5.74, 6) is -1.64. The fourth-order valence-electron chi connectivity index (χ4n) is 3.91. The molecule has 0 unspecified atom stereocenters. The Balaban J connectivity index is 2.18. The molecule has 2 aliphatic rings. The van der Waals surface area contributed by atoms with Crippen molar-refractivity contribution in [2.24, 2.45) is 16.6 Å². The maximum atomic E-state index is 9.94. The Labute approximate surface area is 138 Å². The number of nitriles is 2. The number of ether oxygens (including phenoxy) is 2. The quantitative estimate of drug-likeness (QED) is 0.591. The lowest BCUT2D eigenvalue weighted by Crippen LogP contribution is -2.90. The molecule has 0 spiro atoms. The third kappa shape index (κ3) is 1.52. The van der Waals surface area contributed by atoms with Crippen LogP contribution in [-0.2, 0) is 9.47 Å². The van der Waals surface area contributed by atoms with E-state index >= 15 is 0 Å². The first-order valence-corrected chi connectivity index (χ1v) is 8.24. The molecule has 1 aliphatic carbocycles. The molecule has 1 aliphatic heterocycles. The molecule has 0 aromatic heterocycles. The van der Waals surface area contributed by atoms with Crippen molar-refractivity contribution in [2.75, 3.05) is 20.5 Å². The van der Waals surface area contributed by atoms with Gasteiger partial charge in [-0.05, 0) is 24.0 Å². The fourth-order valence-corrected chi connectivity index (χ4v) is 4.32. The summed E-state index contributed by atoms with van der Waals surface area (Å²) in [4.78, 5) is 3.98. The summed E-state index contributed by atoms with van der Waals surface area (Å²) < 4.78 is 11.0. The maximum Gasteiger partial charge on any atom is 0.342 e. The number of methoxy groups -OCH3 is 2. The lowest BCUT2D eigenvalue weighted by molar-refractivity contribution is -0.687. The Kier molecular flexibility index (Phi) is 3.42. The number of nitrogens with two attached hydrogens (primary N) is 1. The number of fused-ring (bicyclic) bond motifs is 1. The van der Waals surface area contributed by atoms with Gasteiger partial charge in [-0.2, -0.15) is 10.5 Å². The molecule has 0 radical (unpaired) electrons. The Morgan fingerprint density at radius 2 is 1.78 bits per heavy atom. The van der Waals surface area contributed by atoms with Gasteiger partial charge >= 0.3 is 5.91 Å². The van der Waals surface area contributed by atoms with Gasteiger partial charge < -0.3 is 9.47 Å². The van der Waals surface area contributed by atoms with Gasteiger partial charge in [-0.15, -0.1) is 11.8 Å². The van der Waals surface area contributed by atoms with Crippen LogP contribution in [-0.4, -0.2) is 32.2 Å². The molecule has 1 aromatic rings.